The van der Waals surface area contributed by atoms with E-state index < -0.39 is 6.36 Å². The minimum atomic E-state index is -4.74. The smallest absolute Gasteiger partial charge is 0.406 e. The van der Waals surface area contributed by atoms with Gasteiger partial charge in [-0.15, -0.1) is 13.2 Å². The molecule has 1 fully saturated rings. The molecule has 0 bridgehead atoms. The lowest BCUT2D eigenvalue weighted by molar-refractivity contribution is -0.274. The Labute approximate surface area is 164 Å². The fraction of sp³-hybridized carbons (Fsp3) is 0.300. The maximum absolute atomic E-state index is 12.4. The summed E-state index contributed by atoms with van der Waals surface area (Å²) in [5, 5.41) is 2.70. The van der Waals surface area contributed by atoms with E-state index in [9.17, 15) is 18.0 Å². The number of imidazole rings is 1. The zero-order chi connectivity index (χ0) is 20.4. The second kappa shape index (κ2) is 7.65. The molecule has 0 radical (unpaired) electrons. The van der Waals surface area contributed by atoms with Crippen molar-refractivity contribution < 1.29 is 22.7 Å². The minimum absolute atomic E-state index is 0.255. The third-order valence-electron chi connectivity index (χ3n) is 4.92. The van der Waals surface area contributed by atoms with Crippen LogP contribution in [-0.4, -0.2) is 40.4 Å². The van der Waals surface area contributed by atoms with Crippen molar-refractivity contribution in [2.45, 2.75) is 25.1 Å². The first kappa shape index (κ1) is 19.1. The Hall–Kier alpha value is -3.23. The highest BCUT2D eigenvalue weighted by atomic mass is 19.4. The summed E-state index contributed by atoms with van der Waals surface area (Å²) >= 11 is 0. The summed E-state index contributed by atoms with van der Waals surface area (Å²) in [5.74, 6) is 0.860. The maximum atomic E-state index is 12.4. The van der Waals surface area contributed by atoms with Gasteiger partial charge >= 0.3 is 12.4 Å². The SMILES string of the molecule is O=C(Nc1ccc(OC(F)(F)F)cc1)N1CCC(c2nc3ccccc3[nH]2)CC1. The quantitative estimate of drug-likeness (QED) is 0.654. The standard InChI is InChI=1S/C20H19F3N4O2/c21-20(22,23)29-15-7-5-14(6-8-15)24-19(28)27-11-9-13(10-12-27)18-25-16-3-1-2-4-17(16)26-18/h1-8,13H,9-12H2,(H,24,28)(H,25,26). The van der Waals surface area contributed by atoms with Crippen LogP contribution in [0.1, 0.15) is 24.6 Å². The van der Waals surface area contributed by atoms with Crippen LogP contribution in [0.3, 0.4) is 0 Å². The molecule has 0 atom stereocenters. The van der Waals surface area contributed by atoms with Gasteiger partial charge in [0.05, 0.1) is 11.0 Å². The predicted molar refractivity (Wildman–Crippen MR) is 102 cm³/mol. The lowest BCUT2D eigenvalue weighted by Gasteiger charge is -2.31. The zero-order valence-electron chi connectivity index (χ0n) is 15.4. The number of benzene rings is 2. The molecule has 1 aromatic heterocycles. The van der Waals surface area contributed by atoms with E-state index in [0.717, 1.165) is 41.8 Å². The summed E-state index contributed by atoms with van der Waals surface area (Å²) < 4.78 is 40.4. The number of nitrogens with one attached hydrogen (secondary N) is 2. The summed E-state index contributed by atoms with van der Waals surface area (Å²) in [7, 11) is 0. The van der Waals surface area contributed by atoms with Crippen LogP contribution < -0.4 is 10.1 Å². The number of aromatic nitrogens is 2. The Morgan fingerprint density at radius 3 is 2.45 bits per heavy atom. The van der Waals surface area contributed by atoms with Crippen LogP contribution in [0, 0.1) is 0 Å². The van der Waals surface area contributed by atoms with Crippen LogP contribution >= 0.6 is 0 Å². The van der Waals surface area contributed by atoms with Crippen molar-refractivity contribution in [2.75, 3.05) is 18.4 Å². The molecule has 29 heavy (non-hydrogen) atoms. The summed E-state index contributed by atoms with van der Waals surface area (Å²) in [6.45, 7) is 1.14. The Morgan fingerprint density at radius 1 is 1.10 bits per heavy atom. The number of hydrogen-bond acceptors (Lipinski definition) is 3. The van der Waals surface area contributed by atoms with E-state index in [0.29, 0.717) is 18.8 Å². The van der Waals surface area contributed by atoms with E-state index in [1.165, 1.54) is 12.1 Å². The van der Waals surface area contributed by atoms with Crippen LogP contribution in [0.25, 0.3) is 11.0 Å². The molecule has 152 valence electrons. The van der Waals surface area contributed by atoms with E-state index in [1.807, 2.05) is 24.3 Å². The highest BCUT2D eigenvalue weighted by Gasteiger charge is 2.31. The van der Waals surface area contributed by atoms with Crippen LogP contribution in [-0.2, 0) is 0 Å². The van der Waals surface area contributed by atoms with Gasteiger partial charge in [-0.05, 0) is 49.2 Å². The summed E-state index contributed by atoms with van der Waals surface area (Å²) in [6, 6.07) is 12.6. The molecule has 3 aromatic rings. The first-order valence-corrected chi connectivity index (χ1v) is 9.24. The minimum Gasteiger partial charge on any atom is -0.406 e. The third kappa shape index (κ3) is 4.61. The molecule has 2 aromatic carbocycles. The first-order chi connectivity index (χ1) is 13.9. The molecule has 1 aliphatic heterocycles. The van der Waals surface area contributed by atoms with Crippen molar-refractivity contribution >= 4 is 22.8 Å². The number of anilines is 1. The van der Waals surface area contributed by atoms with Gasteiger partial charge in [-0.2, -0.15) is 0 Å². The lowest BCUT2D eigenvalue weighted by atomic mass is 9.96. The van der Waals surface area contributed by atoms with E-state index in [4.69, 9.17) is 0 Å². The largest absolute Gasteiger partial charge is 0.573 e. The monoisotopic (exact) mass is 404 g/mol. The number of urea groups is 1. The lowest BCUT2D eigenvalue weighted by Crippen LogP contribution is -2.40. The fourth-order valence-electron chi connectivity index (χ4n) is 3.46. The van der Waals surface area contributed by atoms with Crippen molar-refractivity contribution in [3.8, 4) is 5.75 Å². The molecule has 0 unspecified atom stereocenters. The van der Waals surface area contributed by atoms with Gasteiger partial charge in [0, 0.05) is 24.7 Å². The van der Waals surface area contributed by atoms with Gasteiger partial charge in [-0.3, -0.25) is 0 Å². The van der Waals surface area contributed by atoms with Crippen molar-refractivity contribution in [1.29, 1.82) is 0 Å². The number of amides is 2. The number of ether oxygens (including phenoxy) is 1. The van der Waals surface area contributed by atoms with Crippen LogP contribution in [0.15, 0.2) is 48.5 Å². The number of halogens is 3. The number of para-hydroxylation sites is 2. The number of H-pyrrole nitrogens is 1. The third-order valence-corrected chi connectivity index (χ3v) is 4.92. The highest BCUT2D eigenvalue weighted by molar-refractivity contribution is 5.89. The summed E-state index contributed by atoms with van der Waals surface area (Å²) in [6.07, 6.45) is -3.17. The number of hydrogen-bond donors (Lipinski definition) is 2. The average molecular weight is 404 g/mol. The highest BCUT2D eigenvalue weighted by Crippen LogP contribution is 2.28. The molecule has 2 N–H and O–H groups in total. The number of piperidine rings is 1. The van der Waals surface area contributed by atoms with Gasteiger partial charge in [0.2, 0.25) is 0 Å². The number of fused-ring (bicyclic) bond motifs is 1. The van der Waals surface area contributed by atoms with E-state index in [-0.39, 0.29) is 17.7 Å². The number of nitrogens with zero attached hydrogens (tertiary/aromatic N) is 2. The zero-order valence-corrected chi connectivity index (χ0v) is 15.4. The molecule has 9 heteroatoms. The molecule has 6 nitrogen and oxygen atoms in total. The Morgan fingerprint density at radius 2 is 1.79 bits per heavy atom. The number of rotatable bonds is 3. The van der Waals surface area contributed by atoms with Gasteiger partial charge in [-0.25, -0.2) is 9.78 Å². The second-order valence-electron chi connectivity index (χ2n) is 6.90. The molecule has 2 heterocycles. The molecule has 0 saturated carbocycles. The second-order valence-corrected chi connectivity index (χ2v) is 6.90. The van der Waals surface area contributed by atoms with Crippen LogP contribution in [0.4, 0.5) is 23.7 Å². The molecule has 1 saturated heterocycles. The van der Waals surface area contributed by atoms with E-state index in [2.05, 4.69) is 20.0 Å². The first-order valence-electron chi connectivity index (χ1n) is 9.24. The van der Waals surface area contributed by atoms with Gasteiger partial charge in [0.25, 0.3) is 0 Å². The average Bonchev–Trinajstić information content (AvgIpc) is 3.13. The Kier molecular flexibility index (Phi) is 5.04. The predicted octanol–water partition coefficient (Wildman–Crippen LogP) is 4.87. The van der Waals surface area contributed by atoms with Gasteiger partial charge < -0.3 is 19.9 Å². The van der Waals surface area contributed by atoms with Crippen molar-refractivity contribution in [1.82, 2.24) is 14.9 Å². The number of alkyl halides is 3. The van der Waals surface area contributed by atoms with E-state index in [1.54, 1.807) is 4.90 Å². The molecule has 4 rings (SSSR count). The molecule has 0 spiro atoms. The fourth-order valence-corrected chi connectivity index (χ4v) is 3.46. The topological polar surface area (TPSA) is 70.2 Å². The number of aromatic amines is 1. The Bertz CT molecular complexity index is 960. The summed E-state index contributed by atoms with van der Waals surface area (Å²) in [5.41, 5.74) is 2.34. The molecule has 1 aliphatic rings. The summed E-state index contributed by atoms with van der Waals surface area (Å²) in [4.78, 5) is 22.1. The van der Waals surface area contributed by atoms with Crippen molar-refractivity contribution in [2.24, 2.45) is 0 Å². The van der Waals surface area contributed by atoms with Crippen LogP contribution in [0.2, 0.25) is 0 Å². The molecular formula is C20H19F3N4O2. The Balaban J connectivity index is 1.32. The van der Waals surface area contributed by atoms with Crippen molar-refractivity contribution in [3.05, 3.63) is 54.4 Å². The number of carbonyl (C=O) groups is 1. The van der Waals surface area contributed by atoms with E-state index >= 15 is 0 Å². The molecule has 2 amide bonds. The van der Waals surface area contributed by atoms with Gasteiger partial charge in [0.1, 0.15) is 11.6 Å². The van der Waals surface area contributed by atoms with Gasteiger partial charge in [0.15, 0.2) is 0 Å². The molecule has 0 aliphatic carbocycles. The number of carbonyl (C=O) groups excluding carboxylic acids is 1. The molecular weight excluding hydrogens is 385 g/mol. The maximum Gasteiger partial charge on any atom is 0.573 e. The normalized spacial score (nSPS) is 15.5. The van der Waals surface area contributed by atoms with Crippen molar-refractivity contribution in [3.63, 3.8) is 0 Å². The number of likely N-dealkylation sites (tertiary alicyclic amines) is 1. The van der Waals surface area contributed by atoms with Gasteiger partial charge in [-0.1, -0.05) is 12.1 Å². The van der Waals surface area contributed by atoms with Crippen LogP contribution in [0.5, 0.6) is 5.75 Å².